The quantitative estimate of drug-likeness (QED) is 0.855. The Hall–Kier alpha value is -1.34. The van der Waals surface area contributed by atoms with Crippen LogP contribution in [-0.4, -0.2) is 24.6 Å². The second-order valence-corrected chi connectivity index (χ2v) is 4.37. The number of aromatic nitrogens is 5. The lowest BCUT2D eigenvalue weighted by atomic mass is 10.1. The molecule has 2 rings (SSSR count). The van der Waals surface area contributed by atoms with Gasteiger partial charge < -0.3 is 5.73 Å². The van der Waals surface area contributed by atoms with Crippen molar-refractivity contribution in [3.05, 3.63) is 22.5 Å². The highest BCUT2D eigenvalue weighted by Crippen LogP contribution is 2.23. The predicted molar refractivity (Wildman–Crippen MR) is 61.0 cm³/mol. The summed E-state index contributed by atoms with van der Waals surface area (Å²) in [4.78, 5) is 0.972. The van der Waals surface area contributed by atoms with Gasteiger partial charge in [-0.05, 0) is 24.9 Å². The summed E-state index contributed by atoms with van der Waals surface area (Å²) in [5, 5.41) is 11.9. The van der Waals surface area contributed by atoms with Gasteiger partial charge in [0.2, 0.25) is 0 Å². The number of hydrogen-bond acceptors (Lipinski definition) is 6. The molecule has 6 nitrogen and oxygen atoms in total. The van der Waals surface area contributed by atoms with Crippen molar-refractivity contribution in [2.24, 2.45) is 5.73 Å². The highest BCUT2D eigenvalue weighted by Gasteiger charge is 2.19. The van der Waals surface area contributed by atoms with Gasteiger partial charge in [-0.15, -0.1) is 10.2 Å². The van der Waals surface area contributed by atoms with E-state index in [-0.39, 0.29) is 6.04 Å². The molecule has 0 radical (unpaired) electrons. The topological polar surface area (TPSA) is 82.5 Å². The first-order chi connectivity index (χ1) is 7.74. The van der Waals surface area contributed by atoms with E-state index in [0.717, 1.165) is 29.2 Å². The fourth-order valence-corrected chi connectivity index (χ4v) is 2.21. The van der Waals surface area contributed by atoms with Gasteiger partial charge >= 0.3 is 0 Å². The van der Waals surface area contributed by atoms with Gasteiger partial charge in [0, 0.05) is 6.54 Å². The molecule has 1 unspecified atom stereocenters. The maximum absolute atomic E-state index is 6.17. The first kappa shape index (κ1) is 11.2. The minimum Gasteiger partial charge on any atom is -0.318 e. The van der Waals surface area contributed by atoms with Crippen molar-refractivity contribution < 1.29 is 0 Å². The van der Waals surface area contributed by atoms with Crippen molar-refractivity contribution in [3.8, 4) is 0 Å². The van der Waals surface area contributed by atoms with Crippen molar-refractivity contribution in [2.75, 3.05) is 0 Å². The lowest BCUT2D eigenvalue weighted by Gasteiger charge is -2.10. The average molecular weight is 238 g/mol. The average Bonchev–Trinajstić information content (AvgIpc) is 2.87. The van der Waals surface area contributed by atoms with Crippen LogP contribution in [0.4, 0.5) is 0 Å². The molecule has 0 aliphatic rings. The van der Waals surface area contributed by atoms with Crippen LogP contribution < -0.4 is 5.73 Å². The number of nitrogens with two attached hydrogens (primary N) is 1. The summed E-state index contributed by atoms with van der Waals surface area (Å²) >= 11 is 1.33. The van der Waals surface area contributed by atoms with Crippen LogP contribution >= 0.6 is 11.5 Å². The summed E-state index contributed by atoms with van der Waals surface area (Å²) in [5.41, 5.74) is 7.96. The van der Waals surface area contributed by atoms with E-state index in [2.05, 4.69) is 26.8 Å². The van der Waals surface area contributed by atoms with Gasteiger partial charge in [0.1, 0.15) is 0 Å². The van der Waals surface area contributed by atoms with E-state index >= 15 is 0 Å². The number of aryl methyl sites for hydroxylation is 2. The molecular formula is C9H14N6S. The summed E-state index contributed by atoms with van der Waals surface area (Å²) in [6.07, 6.45) is 2.71. The molecule has 2 heterocycles. The molecule has 2 aromatic rings. The second-order valence-electron chi connectivity index (χ2n) is 3.58. The van der Waals surface area contributed by atoms with Crippen LogP contribution in [-0.2, 0) is 6.54 Å². The van der Waals surface area contributed by atoms with Crippen LogP contribution in [0.1, 0.15) is 35.7 Å². The molecule has 86 valence electrons. The molecule has 2 N–H and O–H groups in total. The summed E-state index contributed by atoms with van der Waals surface area (Å²) < 4.78 is 5.73. The van der Waals surface area contributed by atoms with Crippen LogP contribution in [0, 0.1) is 6.92 Å². The fraction of sp³-hybridized carbons (Fsp3) is 0.556. The Bertz CT molecular complexity index is 462. The number of hydrogen-bond donors (Lipinski definition) is 1. The molecule has 1 atom stereocenters. The van der Waals surface area contributed by atoms with E-state index in [1.165, 1.54) is 11.5 Å². The third-order valence-electron chi connectivity index (χ3n) is 2.37. The van der Waals surface area contributed by atoms with Gasteiger partial charge in [0.15, 0.2) is 0 Å². The van der Waals surface area contributed by atoms with Gasteiger partial charge in [-0.1, -0.05) is 16.6 Å². The van der Waals surface area contributed by atoms with Crippen molar-refractivity contribution in [1.29, 1.82) is 0 Å². The van der Waals surface area contributed by atoms with E-state index in [4.69, 9.17) is 5.73 Å². The van der Waals surface area contributed by atoms with Crippen molar-refractivity contribution in [1.82, 2.24) is 24.6 Å². The van der Waals surface area contributed by atoms with Crippen LogP contribution in [0.2, 0.25) is 0 Å². The standard InChI is InChI=1S/C9H14N6S/c1-3-4-15-7(5-11-13-15)8(10)9-6(2)12-14-16-9/h5,8H,3-4,10H2,1-2H3. The highest BCUT2D eigenvalue weighted by molar-refractivity contribution is 7.05. The smallest absolute Gasteiger partial charge is 0.0868 e. The van der Waals surface area contributed by atoms with Gasteiger partial charge in [-0.2, -0.15) is 0 Å². The van der Waals surface area contributed by atoms with E-state index < -0.39 is 0 Å². The predicted octanol–water partition coefficient (Wildman–Crippen LogP) is 0.896. The molecule has 0 bridgehead atoms. The fourth-order valence-electron chi connectivity index (χ4n) is 1.55. The monoisotopic (exact) mass is 238 g/mol. The largest absolute Gasteiger partial charge is 0.318 e. The first-order valence-electron chi connectivity index (χ1n) is 5.16. The molecule has 0 saturated heterocycles. The van der Waals surface area contributed by atoms with Gasteiger partial charge in [0.25, 0.3) is 0 Å². The molecule has 0 spiro atoms. The summed E-state index contributed by atoms with van der Waals surface area (Å²) in [5.74, 6) is 0. The summed E-state index contributed by atoms with van der Waals surface area (Å²) in [6.45, 7) is 4.83. The van der Waals surface area contributed by atoms with Crippen molar-refractivity contribution in [2.45, 2.75) is 32.9 Å². The lowest BCUT2D eigenvalue weighted by molar-refractivity contribution is 0.544. The Morgan fingerprint density at radius 1 is 1.56 bits per heavy atom. The molecule has 16 heavy (non-hydrogen) atoms. The maximum Gasteiger partial charge on any atom is 0.0868 e. The number of nitrogens with zero attached hydrogens (tertiary/aromatic N) is 5. The van der Waals surface area contributed by atoms with E-state index in [0.29, 0.717) is 0 Å². The number of rotatable bonds is 4. The minimum atomic E-state index is -0.235. The minimum absolute atomic E-state index is 0.235. The summed E-state index contributed by atoms with van der Waals surface area (Å²) in [7, 11) is 0. The van der Waals surface area contributed by atoms with Crippen LogP contribution in [0.3, 0.4) is 0 Å². The van der Waals surface area contributed by atoms with Crippen LogP contribution in [0.15, 0.2) is 6.20 Å². The second kappa shape index (κ2) is 4.67. The molecule has 0 fully saturated rings. The molecule has 0 aliphatic carbocycles. The van der Waals surface area contributed by atoms with Gasteiger partial charge in [-0.3, -0.25) is 0 Å². The Morgan fingerprint density at radius 2 is 2.38 bits per heavy atom. The third-order valence-corrected chi connectivity index (χ3v) is 3.28. The van der Waals surface area contributed by atoms with Crippen LogP contribution in [0.5, 0.6) is 0 Å². The van der Waals surface area contributed by atoms with Gasteiger partial charge in [-0.25, -0.2) is 4.68 Å². The zero-order valence-corrected chi connectivity index (χ0v) is 10.1. The van der Waals surface area contributed by atoms with E-state index in [9.17, 15) is 0 Å². The highest BCUT2D eigenvalue weighted by atomic mass is 32.1. The van der Waals surface area contributed by atoms with Gasteiger partial charge in [0.05, 0.1) is 28.5 Å². The Kier molecular flexibility index (Phi) is 3.25. The maximum atomic E-state index is 6.17. The Morgan fingerprint density at radius 3 is 3.00 bits per heavy atom. The Balaban J connectivity index is 2.30. The molecule has 0 aliphatic heterocycles. The molecule has 0 aromatic carbocycles. The molecule has 7 heteroatoms. The Labute approximate surface area is 97.6 Å². The molecule has 0 amide bonds. The van der Waals surface area contributed by atoms with E-state index in [1.54, 1.807) is 6.20 Å². The van der Waals surface area contributed by atoms with Crippen LogP contribution in [0.25, 0.3) is 0 Å². The molecule has 0 saturated carbocycles. The van der Waals surface area contributed by atoms with E-state index in [1.807, 2.05) is 11.6 Å². The SMILES string of the molecule is CCCn1nncc1C(N)c1snnc1C. The molecular weight excluding hydrogens is 224 g/mol. The normalized spacial score (nSPS) is 12.9. The first-order valence-corrected chi connectivity index (χ1v) is 5.94. The zero-order chi connectivity index (χ0) is 11.5. The van der Waals surface area contributed by atoms with Crippen molar-refractivity contribution in [3.63, 3.8) is 0 Å². The zero-order valence-electron chi connectivity index (χ0n) is 9.29. The lowest BCUT2D eigenvalue weighted by Crippen LogP contribution is -2.17. The summed E-state index contributed by atoms with van der Waals surface area (Å²) in [6, 6.07) is -0.235. The van der Waals surface area contributed by atoms with Crippen molar-refractivity contribution >= 4 is 11.5 Å². The molecule has 2 aromatic heterocycles. The third kappa shape index (κ3) is 1.96.